The Morgan fingerprint density at radius 3 is 2.70 bits per heavy atom. The molecule has 2 N–H and O–H groups in total. The van der Waals surface area contributed by atoms with Crippen LogP contribution in [-0.2, 0) is 0 Å². The number of primary amides is 1. The van der Waals surface area contributed by atoms with E-state index in [2.05, 4.69) is 14.9 Å². The van der Waals surface area contributed by atoms with Gasteiger partial charge in [-0.2, -0.15) is 0 Å². The predicted octanol–water partition coefficient (Wildman–Crippen LogP) is 1.96. The quantitative estimate of drug-likeness (QED) is 0.914. The Morgan fingerprint density at radius 2 is 2.05 bits per heavy atom. The van der Waals surface area contributed by atoms with Crippen molar-refractivity contribution in [2.24, 2.45) is 5.73 Å². The van der Waals surface area contributed by atoms with Crippen LogP contribution in [0.3, 0.4) is 0 Å². The van der Waals surface area contributed by atoms with E-state index in [0.717, 1.165) is 18.8 Å². The summed E-state index contributed by atoms with van der Waals surface area (Å²) < 4.78 is 0. The smallest absolute Gasteiger partial charge is 0.252 e. The molecule has 1 aromatic heterocycles. The highest BCUT2D eigenvalue weighted by Crippen LogP contribution is 2.36. The number of rotatable bonds is 3. The lowest BCUT2D eigenvalue weighted by molar-refractivity contribution is 0.0998. The third kappa shape index (κ3) is 2.42. The van der Waals surface area contributed by atoms with Crippen molar-refractivity contribution >= 4 is 5.91 Å². The first kappa shape index (κ1) is 13.5. The van der Waals surface area contributed by atoms with Crippen LogP contribution in [0.4, 0.5) is 0 Å². The number of nitrogens with two attached hydrogens (primary N) is 1. The Kier molecular flexibility index (Phi) is 3.70. The highest BCUT2D eigenvalue weighted by molar-refractivity contribution is 5.93. The zero-order valence-corrected chi connectivity index (χ0v) is 12.0. The summed E-state index contributed by atoms with van der Waals surface area (Å²) in [6.45, 7) is 2.98. The number of amides is 1. The first-order valence-corrected chi connectivity index (χ1v) is 7.56. The van der Waals surface area contributed by atoms with Gasteiger partial charge in [0.25, 0.3) is 5.91 Å². The molecule has 2 aliphatic rings. The van der Waals surface area contributed by atoms with Gasteiger partial charge in [-0.1, -0.05) is 12.8 Å². The lowest BCUT2D eigenvalue weighted by Gasteiger charge is -2.29. The summed E-state index contributed by atoms with van der Waals surface area (Å²) in [5.41, 5.74) is 6.44. The third-order valence-corrected chi connectivity index (χ3v) is 4.65. The number of nitrogens with zero attached hydrogens (tertiary/aromatic N) is 3. The zero-order chi connectivity index (χ0) is 14.1. The van der Waals surface area contributed by atoms with E-state index < -0.39 is 5.91 Å². The maximum Gasteiger partial charge on any atom is 0.252 e. The van der Waals surface area contributed by atoms with E-state index in [1.54, 1.807) is 6.20 Å². The number of aromatic nitrogens is 2. The Labute approximate surface area is 119 Å². The average Bonchev–Trinajstić information content (AvgIpc) is 3.09. The highest BCUT2D eigenvalue weighted by atomic mass is 16.1. The molecule has 0 radical (unpaired) electrons. The van der Waals surface area contributed by atoms with Crippen molar-refractivity contribution in [1.29, 1.82) is 0 Å². The van der Waals surface area contributed by atoms with E-state index >= 15 is 0 Å². The maximum atomic E-state index is 11.3. The Morgan fingerprint density at radius 1 is 1.30 bits per heavy atom. The van der Waals surface area contributed by atoms with E-state index in [9.17, 15) is 4.79 Å². The number of carbonyl (C=O) groups is 1. The van der Waals surface area contributed by atoms with Crippen molar-refractivity contribution < 1.29 is 4.79 Å². The van der Waals surface area contributed by atoms with Crippen LogP contribution in [0, 0.1) is 6.92 Å². The molecule has 2 fully saturated rings. The molecule has 3 rings (SSSR count). The van der Waals surface area contributed by atoms with E-state index in [1.165, 1.54) is 32.1 Å². The van der Waals surface area contributed by atoms with E-state index in [0.29, 0.717) is 23.3 Å². The van der Waals surface area contributed by atoms with Gasteiger partial charge < -0.3 is 5.73 Å². The van der Waals surface area contributed by atoms with Crippen LogP contribution in [0.2, 0.25) is 0 Å². The molecule has 108 valence electrons. The molecule has 5 heteroatoms. The monoisotopic (exact) mass is 274 g/mol. The van der Waals surface area contributed by atoms with Crippen LogP contribution in [0.15, 0.2) is 6.20 Å². The van der Waals surface area contributed by atoms with Crippen LogP contribution in [-0.4, -0.2) is 33.4 Å². The Bertz CT molecular complexity index is 511. The third-order valence-electron chi connectivity index (χ3n) is 4.65. The SMILES string of the molecule is Cc1nc([C@@H]2CCCN2C2CCCC2)ncc1C(N)=O. The van der Waals surface area contributed by atoms with E-state index in [4.69, 9.17) is 5.73 Å². The van der Waals surface area contributed by atoms with Crippen LogP contribution in [0.25, 0.3) is 0 Å². The number of aryl methyl sites for hydroxylation is 1. The van der Waals surface area contributed by atoms with Crippen LogP contribution < -0.4 is 5.73 Å². The second kappa shape index (κ2) is 5.48. The minimum atomic E-state index is -0.451. The molecule has 20 heavy (non-hydrogen) atoms. The summed E-state index contributed by atoms with van der Waals surface area (Å²) in [5.74, 6) is 0.407. The zero-order valence-electron chi connectivity index (χ0n) is 12.0. The van der Waals surface area contributed by atoms with Gasteiger partial charge >= 0.3 is 0 Å². The Balaban J connectivity index is 1.84. The molecule has 0 spiro atoms. The number of hydrogen-bond acceptors (Lipinski definition) is 4. The van der Waals surface area contributed by atoms with Gasteiger partial charge in [-0.3, -0.25) is 9.69 Å². The second-order valence-corrected chi connectivity index (χ2v) is 5.93. The van der Waals surface area contributed by atoms with Crippen LogP contribution >= 0.6 is 0 Å². The lowest BCUT2D eigenvalue weighted by atomic mass is 10.1. The fourth-order valence-electron chi connectivity index (χ4n) is 3.63. The van der Waals surface area contributed by atoms with Gasteiger partial charge in [-0.25, -0.2) is 9.97 Å². The first-order valence-electron chi connectivity index (χ1n) is 7.56. The molecule has 1 aromatic rings. The van der Waals surface area contributed by atoms with Gasteiger partial charge in [0.1, 0.15) is 5.82 Å². The molecule has 0 bridgehead atoms. The summed E-state index contributed by atoms with van der Waals surface area (Å²) in [6.07, 6.45) is 9.20. The molecule has 1 saturated carbocycles. The van der Waals surface area contributed by atoms with E-state index in [-0.39, 0.29) is 0 Å². The standard InChI is InChI=1S/C15H22N4O/c1-10-12(14(16)20)9-17-15(18-10)13-7-4-8-19(13)11-5-2-3-6-11/h9,11,13H,2-8H2,1H3,(H2,16,20)/t13-/m0/s1. The molecule has 1 aliphatic heterocycles. The fourth-order valence-corrected chi connectivity index (χ4v) is 3.63. The number of carbonyl (C=O) groups excluding carboxylic acids is 1. The van der Waals surface area contributed by atoms with Crippen LogP contribution in [0.1, 0.15) is 66.4 Å². The van der Waals surface area contributed by atoms with E-state index in [1.807, 2.05) is 6.92 Å². The Hall–Kier alpha value is -1.49. The maximum absolute atomic E-state index is 11.3. The molecular weight excluding hydrogens is 252 g/mol. The average molecular weight is 274 g/mol. The largest absolute Gasteiger partial charge is 0.365 e. The van der Waals surface area contributed by atoms with Gasteiger partial charge in [0.15, 0.2) is 0 Å². The molecule has 0 aromatic carbocycles. The molecular formula is C15H22N4O. The fraction of sp³-hybridized carbons (Fsp3) is 0.667. The first-order chi connectivity index (χ1) is 9.66. The predicted molar refractivity (Wildman–Crippen MR) is 76.2 cm³/mol. The van der Waals surface area contributed by atoms with Crippen molar-refractivity contribution in [3.63, 3.8) is 0 Å². The molecule has 0 unspecified atom stereocenters. The highest BCUT2D eigenvalue weighted by Gasteiger charge is 2.34. The summed E-state index contributed by atoms with van der Waals surface area (Å²) in [7, 11) is 0. The number of hydrogen-bond donors (Lipinski definition) is 1. The summed E-state index contributed by atoms with van der Waals surface area (Å²) in [6, 6.07) is 1.01. The van der Waals surface area contributed by atoms with Crippen molar-refractivity contribution in [1.82, 2.24) is 14.9 Å². The minimum Gasteiger partial charge on any atom is -0.365 e. The summed E-state index contributed by atoms with van der Waals surface area (Å²) in [5, 5.41) is 0. The molecule has 1 atom stereocenters. The van der Waals surface area contributed by atoms with Crippen LogP contribution in [0.5, 0.6) is 0 Å². The van der Waals surface area contributed by atoms with Crippen molar-refractivity contribution in [2.75, 3.05) is 6.54 Å². The number of likely N-dealkylation sites (tertiary alicyclic amines) is 1. The molecule has 1 aliphatic carbocycles. The van der Waals surface area contributed by atoms with Gasteiger partial charge in [0, 0.05) is 12.2 Å². The van der Waals surface area contributed by atoms with Crippen molar-refractivity contribution in [3.8, 4) is 0 Å². The van der Waals surface area contributed by atoms with Gasteiger partial charge in [0.05, 0.1) is 17.3 Å². The van der Waals surface area contributed by atoms with Gasteiger partial charge in [0.2, 0.25) is 0 Å². The molecule has 1 saturated heterocycles. The summed E-state index contributed by atoms with van der Waals surface area (Å²) >= 11 is 0. The second-order valence-electron chi connectivity index (χ2n) is 5.93. The minimum absolute atomic E-state index is 0.318. The summed E-state index contributed by atoms with van der Waals surface area (Å²) in [4.78, 5) is 22.8. The molecule has 2 heterocycles. The topological polar surface area (TPSA) is 72.1 Å². The van der Waals surface area contributed by atoms with Crippen molar-refractivity contribution in [2.45, 2.75) is 57.5 Å². The molecule has 5 nitrogen and oxygen atoms in total. The normalized spacial score (nSPS) is 24.4. The van der Waals surface area contributed by atoms with Gasteiger partial charge in [-0.05, 0) is 39.2 Å². The lowest BCUT2D eigenvalue weighted by Crippen LogP contribution is -2.33. The molecule has 1 amide bonds. The van der Waals surface area contributed by atoms with Gasteiger partial charge in [-0.15, -0.1) is 0 Å². The van der Waals surface area contributed by atoms with Crippen molar-refractivity contribution in [3.05, 3.63) is 23.3 Å².